The minimum Gasteiger partial charge on any atom is -0.361 e. The third-order valence-corrected chi connectivity index (χ3v) is 3.84. The molecule has 2 aromatic heterocycles. The van der Waals surface area contributed by atoms with Crippen LogP contribution in [0.15, 0.2) is 21.3 Å². The standard InChI is InChI=1S/C14H18BrN3O2/c1-9-13(10(2)20-16-9)6-14(19)18(4)8-12-5-11(15)7-17(12)3/h5,7H,6,8H2,1-4H3. The Morgan fingerprint density at radius 2 is 2.20 bits per heavy atom. The first-order valence-electron chi connectivity index (χ1n) is 6.35. The molecule has 0 fully saturated rings. The van der Waals surface area contributed by atoms with Gasteiger partial charge < -0.3 is 14.0 Å². The quantitative estimate of drug-likeness (QED) is 0.860. The molecule has 2 heterocycles. The van der Waals surface area contributed by atoms with Crippen LogP contribution in [-0.2, 0) is 24.8 Å². The van der Waals surface area contributed by atoms with Gasteiger partial charge in [-0.2, -0.15) is 0 Å². The SMILES string of the molecule is Cc1noc(C)c1CC(=O)N(C)Cc1cc(Br)cn1C. The first kappa shape index (κ1) is 14.8. The fourth-order valence-corrected chi connectivity index (χ4v) is 2.67. The average molecular weight is 340 g/mol. The average Bonchev–Trinajstić information content (AvgIpc) is 2.85. The molecule has 0 bridgehead atoms. The van der Waals surface area contributed by atoms with Crippen molar-refractivity contribution in [3.8, 4) is 0 Å². The second-order valence-electron chi connectivity index (χ2n) is 4.99. The Morgan fingerprint density at radius 1 is 1.50 bits per heavy atom. The Morgan fingerprint density at radius 3 is 2.70 bits per heavy atom. The summed E-state index contributed by atoms with van der Waals surface area (Å²) in [6, 6.07) is 2.01. The molecular formula is C14H18BrN3O2. The van der Waals surface area contributed by atoms with E-state index >= 15 is 0 Å². The third kappa shape index (κ3) is 3.12. The van der Waals surface area contributed by atoms with Gasteiger partial charge in [-0.15, -0.1) is 0 Å². The Balaban J connectivity index is 2.04. The van der Waals surface area contributed by atoms with Crippen LogP contribution in [0.25, 0.3) is 0 Å². The highest BCUT2D eigenvalue weighted by Gasteiger charge is 2.17. The summed E-state index contributed by atoms with van der Waals surface area (Å²) in [6.45, 7) is 4.26. The Bertz CT molecular complexity index is 611. The van der Waals surface area contributed by atoms with E-state index in [0.717, 1.165) is 21.4 Å². The summed E-state index contributed by atoms with van der Waals surface area (Å²) in [5.74, 6) is 0.766. The lowest BCUT2D eigenvalue weighted by Crippen LogP contribution is -2.28. The minimum atomic E-state index is 0.0525. The molecule has 0 saturated carbocycles. The molecule has 0 N–H and O–H groups in total. The van der Waals surface area contributed by atoms with Crippen LogP contribution in [0, 0.1) is 13.8 Å². The predicted molar refractivity (Wildman–Crippen MR) is 79.3 cm³/mol. The van der Waals surface area contributed by atoms with Crippen molar-refractivity contribution in [1.29, 1.82) is 0 Å². The number of aromatic nitrogens is 2. The molecule has 0 saturated heterocycles. The topological polar surface area (TPSA) is 51.3 Å². The molecule has 0 aromatic carbocycles. The Labute approximate surface area is 126 Å². The van der Waals surface area contributed by atoms with Crippen LogP contribution in [0.2, 0.25) is 0 Å². The van der Waals surface area contributed by atoms with Gasteiger partial charge in [0.05, 0.1) is 18.7 Å². The van der Waals surface area contributed by atoms with Crippen molar-refractivity contribution in [2.75, 3.05) is 7.05 Å². The van der Waals surface area contributed by atoms with Crippen molar-refractivity contribution in [3.05, 3.63) is 39.4 Å². The molecule has 0 aliphatic carbocycles. The van der Waals surface area contributed by atoms with Crippen LogP contribution in [0.1, 0.15) is 22.7 Å². The number of halogens is 1. The van der Waals surface area contributed by atoms with E-state index in [2.05, 4.69) is 21.1 Å². The van der Waals surface area contributed by atoms with Crippen molar-refractivity contribution in [3.63, 3.8) is 0 Å². The fourth-order valence-electron chi connectivity index (χ4n) is 2.09. The monoisotopic (exact) mass is 339 g/mol. The highest BCUT2D eigenvalue weighted by molar-refractivity contribution is 9.10. The van der Waals surface area contributed by atoms with Gasteiger partial charge in [0.2, 0.25) is 5.91 Å². The van der Waals surface area contributed by atoms with Crippen molar-refractivity contribution in [2.45, 2.75) is 26.8 Å². The molecule has 2 aromatic rings. The zero-order valence-electron chi connectivity index (χ0n) is 12.1. The molecule has 6 heteroatoms. The van der Waals surface area contributed by atoms with E-state index in [0.29, 0.717) is 18.7 Å². The molecule has 0 aliphatic rings. The zero-order valence-corrected chi connectivity index (χ0v) is 13.7. The van der Waals surface area contributed by atoms with Crippen LogP contribution >= 0.6 is 15.9 Å². The maximum atomic E-state index is 12.3. The van der Waals surface area contributed by atoms with E-state index in [-0.39, 0.29) is 5.91 Å². The first-order valence-corrected chi connectivity index (χ1v) is 7.14. The second kappa shape index (κ2) is 5.83. The summed E-state index contributed by atoms with van der Waals surface area (Å²) in [6.07, 6.45) is 2.30. The number of aryl methyl sites for hydroxylation is 3. The molecular weight excluding hydrogens is 322 g/mol. The van der Waals surface area contributed by atoms with E-state index in [1.165, 1.54) is 0 Å². The van der Waals surface area contributed by atoms with E-state index in [4.69, 9.17) is 4.52 Å². The highest BCUT2D eigenvalue weighted by atomic mass is 79.9. The lowest BCUT2D eigenvalue weighted by molar-refractivity contribution is -0.129. The molecule has 1 amide bonds. The van der Waals surface area contributed by atoms with Crippen LogP contribution in [0.5, 0.6) is 0 Å². The first-order chi connectivity index (χ1) is 9.38. The molecule has 0 radical (unpaired) electrons. The van der Waals surface area contributed by atoms with Crippen molar-refractivity contribution < 1.29 is 9.32 Å². The summed E-state index contributed by atoms with van der Waals surface area (Å²) in [5.41, 5.74) is 2.74. The fraction of sp³-hybridized carbons (Fsp3) is 0.429. The number of rotatable bonds is 4. The largest absolute Gasteiger partial charge is 0.361 e. The van der Waals surface area contributed by atoms with Crippen LogP contribution < -0.4 is 0 Å². The van der Waals surface area contributed by atoms with E-state index < -0.39 is 0 Å². The Hall–Kier alpha value is -1.56. The van der Waals surface area contributed by atoms with Gasteiger partial charge in [0, 0.05) is 36.0 Å². The summed E-state index contributed by atoms with van der Waals surface area (Å²) in [7, 11) is 3.77. The number of hydrogen-bond acceptors (Lipinski definition) is 3. The molecule has 2 rings (SSSR count). The van der Waals surface area contributed by atoms with Crippen molar-refractivity contribution >= 4 is 21.8 Å². The Kier molecular flexibility index (Phi) is 4.32. The van der Waals surface area contributed by atoms with Gasteiger partial charge in [0.15, 0.2) is 0 Å². The van der Waals surface area contributed by atoms with Crippen LogP contribution in [0.4, 0.5) is 0 Å². The summed E-state index contributed by atoms with van der Waals surface area (Å²) < 4.78 is 8.10. The molecule has 0 spiro atoms. The number of nitrogens with zero attached hydrogens (tertiary/aromatic N) is 3. The number of carbonyl (C=O) groups is 1. The molecule has 5 nitrogen and oxygen atoms in total. The molecule has 0 aliphatic heterocycles. The smallest absolute Gasteiger partial charge is 0.227 e. The molecule has 20 heavy (non-hydrogen) atoms. The van der Waals surface area contributed by atoms with Gasteiger partial charge >= 0.3 is 0 Å². The maximum Gasteiger partial charge on any atom is 0.227 e. The van der Waals surface area contributed by atoms with Crippen LogP contribution in [0.3, 0.4) is 0 Å². The number of likely N-dealkylation sites (N-methyl/N-ethyl adjacent to an activating group) is 1. The van der Waals surface area contributed by atoms with Crippen LogP contribution in [-0.4, -0.2) is 27.6 Å². The lowest BCUT2D eigenvalue weighted by Gasteiger charge is -2.17. The number of carbonyl (C=O) groups excluding carboxylic acids is 1. The summed E-state index contributed by atoms with van der Waals surface area (Å²) in [4.78, 5) is 14.0. The lowest BCUT2D eigenvalue weighted by atomic mass is 10.1. The van der Waals surface area contributed by atoms with Crippen molar-refractivity contribution in [1.82, 2.24) is 14.6 Å². The van der Waals surface area contributed by atoms with E-state index in [1.54, 1.807) is 11.9 Å². The number of amides is 1. The van der Waals surface area contributed by atoms with Crippen molar-refractivity contribution in [2.24, 2.45) is 7.05 Å². The molecule has 0 unspecified atom stereocenters. The summed E-state index contributed by atoms with van der Waals surface area (Å²) >= 11 is 3.43. The van der Waals surface area contributed by atoms with E-state index in [9.17, 15) is 4.79 Å². The predicted octanol–water partition coefficient (Wildman–Crippen LogP) is 2.59. The third-order valence-electron chi connectivity index (χ3n) is 3.41. The normalized spacial score (nSPS) is 10.8. The second-order valence-corrected chi connectivity index (χ2v) is 5.91. The number of hydrogen-bond donors (Lipinski definition) is 0. The maximum absolute atomic E-state index is 12.3. The van der Waals surface area contributed by atoms with Gasteiger partial charge in [0.25, 0.3) is 0 Å². The highest BCUT2D eigenvalue weighted by Crippen LogP contribution is 2.17. The van der Waals surface area contributed by atoms with Gasteiger partial charge in [-0.1, -0.05) is 5.16 Å². The van der Waals surface area contributed by atoms with Gasteiger partial charge in [0.1, 0.15) is 5.76 Å². The molecule has 0 atom stereocenters. The van der Waals surface area contributed by atoms with Gasteiger partial charge in [-0.05, 0) is 35.8 Å². The summed E-state index contributed by atoms with van der Waals surface area (Å²) in [5, 5.41) is 3.87. The minimum absolute atomic E-state index is 0.0525. The van der Waals surface area contributed by atoms with E-state index in [1.807, 2.05) is 37.7 Å². The van der Waals surface area contributed by atoms with Gasteiger partial charge in [-0.3, -0.25) is 4.79 Å². The van der Waals surface area contributed by atoms with Gasteiger partial charge in [-0.25, -0.2) is 0 Å². The zero-order chi connectivity index (χ0) is 14.9. The molecule has 108 valence electrons.